The van der Waals surface area contributed by atoms with Crippen molar-refractivity contribution in [2.75, 3.05) is 27.4 Å². The molecule has 4 rings (SSSR count). The van der Waals surface area contributed by atoms with Crippen LogP contribution in [-0.4, -0.2) is 37.9 Å². The number of fused-ring (bicyclic) bond motifs is 2. The first-order valence-corrected chi connectivity index (χ1v) is 9.63. The quantitative estimate of drug-likeness (QED) is 0.619. The first-order chi connectivity index (χ1) is 14.1. The van der Waals surface area contributed by atoms with Gasteiger partial charge in [0.25, 0.3) is 5.91 Å². The van der Waals surface area contributed by atoms with Crippen molar-refractivity contribution in [1.29, 1.82) is 0 Å². The molecule has 148 valence electrons. The van der Waals surface area contributed by atoms with Crippen LogP contribution in [0.5, 0.6) is 23.0 Å². The predicted octanol–water partition coefficient (Wildman–Crippen LogP) is 2.87. The van der Waals surface area contributed by atoms with Gasteiger partial charge in [-0.05, 0) is 12.1 Å². The molecule has 0 aliphatic carbocycles. The van der Waals surface area contributed by atoms with E-state index in [-0.39, 0.29) is 6.54 Å². The molecule has 0 unspecified atom stereocenters. The van der Waals surface area contributed by atoms with Crippen LogP contribution in [0.15, 0.2) is 35.3 Å². The van der Waals surface area contributed by atoms with Gasteiger partial charge in [-0.15, -0.1) is 6.42 Å². The Morgan fingerprint density at radius 1 is 1.14 bits per heavy atom. The topological polar surface area (TPSA) is 71.3 Å². The van der Waals surface area contributed by atoms with E-state index in [0.717, 1.165) is 10.2 Å². The van der Waals surface area contributed by atoms with E-state index in [2.05, 4.69) is 10.9 Å². The van der Waals surface area contributed by atoms with Crippen LogP contribution in [0.25, 0.3) is 10.2 Å². The van der Waals surface area contributed by atoms with Crippen molar-refractivity contribution in [2.45, 2.75) is 6.54 Å². The summed E-state index contributed by atoms with van der Waals surface area (Å²) in [7, 11) is 3.05. The maximum Gasteiger partial charge on any atom is 0.279 e. The van der Waals surface area contributed by atoms with Crippen LogP contribution in [-0.2, 0) is 6.54 Å². The molecule has 1 aliphatic rings. The highest BCUT2D eigenvalue weighted by atomic mass is 32.1. The molecular weight excluding hydrogens is 392 g/mol. The van der Waals surface area contributed by atoms with Gasteiger partial charge in [0.1, 0.15) is 24.7 Å². The van der Waals surface area contributed by atoms with Gasteiger partial charge in [-0.25, -0.2) is 0 Å². The van der Waals surface area contributed by atoms with Crippen LogP contribution in [0.1, 0.15) is 10.4 Å². The number of aromatic nitrogens is 1. The normalized spacial score (nSPS) is 13.2. The minimum atomic E-state index is -0.420. The molecule has 1 aliphatic heterocycles. The van der Waals surface area contributed by atoms with Crippen LogP contribution in [0.2, 0.25) is 0 Å². The number of hydrogen-bond acceptors (Lipinski definition) is 6. The highest BCUT2D eigenvalue weighted by Gasteiger charge is 2.17. The Kier molecular flexibility index (Phi) is 5.14. The lowest BCUT2D eigenvalue weighted by atomic mass is 10.2. The summed E-state index contributed by atoms with van der Waals surface area (Å²) in [6.07, 6.45) is 5.55. The fourth-order valence-electron chi connectivity index (χ4n) is 3.02. The van der Waals surface area contributed by atoms with E-state index in [1.165, 1.54) is 25.6 Å². The van der Waals surface area contributed by atoms with E-state index < -0.39 is 5.91 Å². The van der Waals surface area contributed by atoms with E-state index in [9.17, 15) is 4.79 Å². The van der Waals surface area contributed by atoms with Gasteiger partial charge in [0, 0.05) is 23.8 Å². The number of rotatable bonds is 4. The molecule has 0 saturated carbocycles. The second-order valence-electron chi connectivity index (χ2n) is 6.16. The number of amides is 1. The Morgan fingerprint density at radius 2 is 1.79 bits per heavy atom. The first kappa shape index (κ1) is 18.9. The molecule has 0 saturated heterocycles. The number of thiazole rings is 1. The Labute approximate surface area is 171 Å². The van der Waals surface area contributed by atoms with Crippen molar-refractivity contribution in [3.8, 4) is 35.3 Å². The lowest BCUT2D eigenvalue weighted by Crippen LogP contribution is -2.17. The number of ether oxygens (including phenoxy) is 4. The largest absolute Gasteiger partial charge is 0.497 e. The van der Waals surface area contributed by atoms with Crippen molar-refractivity contribution in [2.24, 2.45) is 4.99 Å². The summed E-state index contributed by atoms with van der Waals surface area (Å²) >= 11 is 1.36. The number of methoxy groups -OCH3 is 2. The number of nitrogens with zero attached hydrogens (tertiary/aromatic N) is 2. The van der Waals surface area contributed by atoms with Gasteiger partial charge < -0.3 is 23.5 Å². The summed E-state index contributed by atoms with van der Waals surface area (Å²) in [5, 5.41) is 0. The van der Waals surface area contributed by atoms with Crippen LogP contribution in [0.3, 0.4) is 0 Å². The smallest absolute Gasteiger partial charge is 0.279 e. The molecule has 0 atom stereocenters. The molecule has 2 heterocycles. The third-order valence-corrected chi connectivity index (χ3v) is 5.43. The zero-order valence-electron chi connectivity index (χ0n) is 15.9. The van der Waals surface area contributed by atoms with Gasteiger partial charge in [-0.1, -0.05) is 17.3 Å². The van der Waals surface area contributed by atoms with Crippen molar-refractivity contribution in [3.05, 3.63) is 40.7 Å². The monoisotopic (exact) mass is 410 g/mol. The number of hydrogen-bond donors (Lipinski definition) is 0. The second kappa shape index (κ2) is 7.89. The van der Waals surface area contributed by atoms with E-state index in [0.29, 0.717) is 46.6 Å². The Morgan fingerprint density at radius 3 is 2.41 bits per heavy atom. The van der Waals surface area contributed by atoms with Crippen LogP contribution >= 0.6 is 11.3 Å². The molecule has 1 amide bonds. The number of carbonyl (C=O) groups excluding carboxylic acids is 1. The van der Waals surface area contributed by atoms with Gasteiger partial charge >= 0.3 is 0 Å². The Bertz CT molecular complexity index is 1180. The lowest BCUT2D eigenvalue weighted by molar-refractivity contribution is 0.0997. The van der Waals surface area contributed by atoms with Crippen LogP contribution in [0, 0.1) is 12.3 Å². The summed E-state index contributed by atoms with van der Waals surface area (Å²) in [4.78, 5) is 17.7. The third kappa shape index (κ3) is 3.65. The molecule has 8 heteroatoms. The zero-order valence-corrected chi connectivity index (χ0v) is 16.7. The fourth-order valence-corrected chi connectivity index (χ4v) is 4.06. The molecule has 7 nitrogen and oxygen atoms in total. The molecule has 0 fully saturated rings. The molecule has 1 aromatic heterocycles. The molecular formula is C21H18N2O5S. The summed E-state index contributed by atoms with van der Waals surface area (Å²) in [5.74, 6) is 4.55. The molecule has 0 bridgehead atoms. The highest BCUT2D eigenvalue weighted by molar-refractivity contribution is 7.16. The summed E-state index contributed by atoms with van der Waals surface area (Å²) in [6.45, 7) is 1.26. The Balaban J connectivity index is 1.84. The zero-order chi connectivity index (χ0) is 20.4. The van der Waals surface area contributed by atoms with E-state index in [4.69, 9.17) is 25.4 Å². The van der Waals surface area contributed by atoms with E-state index >= 15 is 0 Å². The minimum Gasteiger partial charge on any atom is -0.497 e. The molecule has 29 heavy (non-hydrogen) atoms. The van der Waals surface area contributed by atoms with Crippen molar-refractivity contribution in [1.82, 2.24) is 4.57 Å². The molecule has 0 radical (unpaired) electrons. The van der Waals surface area contributed by atoms with E-state index in [1.807, 2.05) is 16.7 Å². The van der Waals surface area contributed by atoms with E-state index in [1.54, 1.807) is 18.2 Å². The van der Waals surface area contributed by atoms with Crippen LogP contribution < -0.4 is 23.7 Å². The average molecular weight is 410 g/mol. The molecule has 0 spiro atoms. The maximum absolute atomic E-state index is 12.9. The van der Waals surface area contributed by atoms with Gasteiger partial charge in [-0.3, -0.25) is 4.79 Å². The van der Waals surface area contributed by atoms with Gasteiger partial charge in [0.15, 0.2) is 16.3 Å². The van der Waals surface area contributed by atoms with Crippen molar-refractivity contribution < 1.29 is 23.7 Å². The van der Waals surface area contributed by atoms with Crippen molar-refractivity contribution in [3.63, 3.8) is 0 Å². The van der Waals surface area contributed by atoms with Gasteiger partial charge in [0.2, 0.25) is 0 Å². The highest BCUT2D eigenvalue weighted by Crippen LogP contribution is 2.35. The van der Waals surface area contributed by atoms with Gasteiger partial charge in [0.05, 0.1) is 31.0 Å². The van der Waals surface area contributed by atoms with Crippen molar-refractivity contribution >= 4 is 27.5 Å². The summed E-state index contributed by atoms with van der Waals surface area (Å²) in [5.41, 5.74) is 1.20. The summed E-state index contributed by atoms with van der Waals surface area (Å²) in [6, 6.07) is 8.69. The standard InChI is InChI=1S/C21H18N2O5S/c1-4-5-23-16-11-17-18(28-7-6-27-17)12-19(16)29-21(23)22-20(24)13-8-14(25-2)10-15(9-13)26-3/h1,8-12H,5-7H2,2-3H3. The number of carbonyl (C=O) groups is 1. The second-order valence-corrected chi connectivity index (χ2v) is 7.17. The third-order valence-electron chi connectivity index (χ3n) is 4.39. The maximum atomic E-state index is 12.9. The minimum absolute atomic E-state index is 0.271. The molecule has 0 N–H and O–H groups in total. The van der Waals surface area contributed by atoms with Gasteiger partial charge in [-0.2, -0.15) is 4.99 Å². The number of terminal acetylenes is 1. The summed E-state index contributed by atoms with van der Waals surface area (Å²) < 4.78 is 24.5. The number of benzene rings is 2. The first-order valence-electron chi connectivity index (χ1n) is 8.81. The lowest BCUT2D eigenvalue weighted by Gasteiger charge is -2.18. The fraction of sp³-hybridized carbons (Fsp3) is 0.238. The SMILES string of the molecule is C#CCn1c(=NC(=O)c2cc(OC)cc(OC)c2)sc2cc3c(cc21)OCCO3. The van der Waals surface area contributed by atoms with Crippen LogP contribution in [0.4, 0.5) is 0 Å². The molecule has 3 aromatic rings. The Hall–Kier alpha value is -3.44. The predicted molar refractivity (Wildman–Crippen MR) is 109 cm³/mol. The molecule has 2 aromatic carbocycles. The average Bonchev–Trinajstić information content (AvgIpc) is 3.07.